The van der Waals surface area contributed by atoms with Gasteiger partial charge in [0.2, 0.25) is 0 Å². The fourth-order valence-corrected chi connectivity index (χ4v) is 2.85. The Morgan fingerprint density at radius 2 is 2.05 bits per heavy atom. The molecular weight excluding hydrogens is 316 g/mol. The molecule has 22 heavy (non-hydrogen) atoms. The van der Waals surface area contributed by atoms with Crippen LogP contribution in [0.25, 0.3) is 10.9 Å². The van der Waals surface area contributed by atoms with E-state index in [9.17, 15) is 4.79 Å². The number of nitrogens with one attached hydrogen (secondary N) is 1. The summed E-state index contributed by atoms with van der Waals surface area (Å²) in [6.45, 7) is 0. The van der Waals surface area contributed by atoms with Gasteiger partial charge in [-0.05, 0) is 48.7 Å². The van der Waals surface area contributed by atoms with Crippen molar-refractivity contribution in [2.24, 2.45) is 0 Å². The van der Waals surface area contributed by atoms with Crippen molar-refractivity contribution >= 4 is 45.9 Å². The van der Waals surface area contributed by atoms with Crippen LogP contribution in [0.4, 0.5) is 5.69 Å². The number of halogens is 1. The van der Waals surface area contributed by atoms with Gasteiger partial charge in [-0.3, -0.25) is 9.78 Å². The highest BCUT2D eigenvalue weighted by Crippen LogP contribution is 2.26. The summed E-state index contributed by atoms with van der Waals surface area (Å²) in [7, 11) is 0. The smallest absolute Gasteiger partial charge is 0.257 e. The number of anilines is 1. The van der Waals surface area contributed by atoms with Gasteiger partial charge < -0.3 is 5.32 Å². The summed E-state index contributed by atoms with van der Waals surface area (Å²) >= 11 is 7.72. The predicted octanol–water partition coefficient (Wildman–Crippen LogP) is 4.86. The first-order valence-corrected chi connectivity index (χ1v) is 8.28. The molecule has 5 heteroatoms. The first kappa shape index (κ1) is 14.9. The largest absolute Gasteiger partial charge is 0.321 e. The third kappa shape index (κ3) is 2.93. The minimum absolute atomic E-state index is 0.225. The highest BCUT2D eigenvalue weighted by molar-refractivity contribution is 7.98. The van der Waals surface area contributed by atoms with E-state index in [0.29, 0.717) is 10.6 Å². The normalized spacial score (nSPS) is 10.6. The molecule has 3 nitrogen and oxygen atoms in total. The van der Waals surface area contributed by atoms with E-state index in [1.807, 2.05) is 42.7 Å². The number of rotatable bonds is 3. The Labute approximate surface area is 137 Å². The number of thioether (sulfide) groups is 1. The van der Waals surface area contributed by atoms with Crippen LogP contribution < -0.4 is 5.32 Å². The van der Waals surface area contributed by atoms with Crippen molar-refractivity contribution < 1.29 is 4.79 Å². The first-order valence-electron chi connectivity index (χ1n) is 6.67. The molecule has 0 aliphatic heterocycles. The number of fused-ring (bicyclic) bond motifs is 1. The predicted molar refractivity (Wildman–Crippen MR) is 92.9 cm³/mol. The standard InChI is InChI=1S/C17H13ClN2OS/c1-22-11-7-8-14(18)13(10-11)17(21)20-16-6-2-5-15-12(16)4-3-9-19-15/h2-10H,1H3,(H,20,21). The van der Waals surface area contributed by atoms with Crippen molar-refractivity contribution in [3.05, 3.63) is 65.3 Å². The lowest BCUT2D eigenvalue weighted by Crippen LogP contribution is -2.13. The van der Waals surface area contributed by atoms with E-state index in [-0.39, 0.29) is 5.91 Å². The molecule has 3 aromatic rings. The molecule has 0 bridgehead atoms. The van der Waals surface area contributed by atoms with Gasteiger partial charge in [-0.25, -0.2) is 0 Å². The third-order valence-corrected chi connectivity index (χ3v) is 4.37. The molecule has 0 radical (unpaired) electrons. The Balaban J connectivity index is 1.97. The number of aromatic nitrogens is 1. The molecule has 0 atom stereocenters. The summed E-state index contributed by atoms with van der Waals surface area (Å²) in [5.74, 6) is -0.225. The fraction of sp³-hybridized carbons (Fsp3) is 0.0588. The minimum atomic E-state index is -0.225. The zero-order valence-electron chi connectivity index (χ0n) is 11.8. The molecule has 0 aliphatic rings. The molecule has 2 aromatic carbocycles. The van der Waals surface area contributed by atoms with Crippen LogP contribution in [0.15, 0.2) is 59.6 Å². The second kappa shape index (κ2) is 6.38. The zero-order valence-corrected chi connectivity index (χ0v) is 13.4. The Morgan fingerprint density at radius 1 is 1.18 bits per heavy atom. The number of benzene rings is 2. The quantitative estimate of drug-likeness (QED) is 0.698. The number of hydrogen-bond acceptors (Lipinski definition) is 3. The lowest BCUT2D eigenvalue weighted by Gasteiger charge is -2.10. The van der Waals surface area contributed by atoms with Crippen LogP contribution in [-0.2, 0) is 0 Å². The summed E-state index contributed by atoms with van der Waals surface area (Å²) in [4.78, 5) is 17.8. The molecule has 1 N–H and O–H groups in total. The van der Waals surface area contributed by atoms with Gasteiger partial charge in [0.25, 0.3) is 5.91 Å². The van der Waals surface area contributed by atoms with E-state index >= 15 is 0 Å². The van der Waals surface area contributed by atoms with Gasteiger partial charge in [-0.1, -0.05) is 17.7 Å². The molecule has 1 aromatic heterocycles. The third-order valence-electron chi connectivity index (χ3n) is 3.31. The van der Waals surface area contributed by atoms with E-state index in [1.54, 1.807) is 30.1 Å². The summed E-state index contributed by atoms with van der Waals surface area (Å²) in [6, 6.07) is 14.8. The average Bonchev–Trinajstić information content (AvgIpc) is 2.55. The summed E-state index contributed by atoms with van der Waals surface area (Å²) < 4.78 is 0. The molecular formula is C17H13ClN2OS. The van der Waals surface area contributed by atoms with Crippen molar-refractivity contribution in [3.63, 3.8) is 0 Å². The molecule has 0 aliphatic carbocycles. The number of hydrogen-bond donors (Lipinski definition) is 1. The van der Waals surface area contributed by atoms with E-state index < -0.39 is 0 Å². The van der Waals surface area contributed by atoms with Gasteiger partial charge in [-0.15, -0.1) is 11.8 Å². The number of carbonyl (C=O) groups is 1. The SMILES string of the molecule is CSc1ccc(Cl)c(C(=O)Nc2cccc3ncccc23)c1. The lowest BCUT2D eigenvalue weighted by atomic mass is 10.1. The van der Waals surface area contributed by atoms with Crippen molar-refractivity contribution in [1.82, 2.24) is 4.98 Å². The zero-order chi connectivity index (χ0) is 15.5. The van der Waals surface area contributed by atoms with Crippen LogP contribution in [-0.4, -0.2) is 17.1 Å². The van der Waals surface area contributed by atoms with Gasteiger partial charge in [0.15, 0.2) is 0 Å². The Morgan fingerprint density at radius 3 is 2.86 bits per heavy atom. The average molecular weight is 329 g/mol. The van der Waals surface area contributed by atoms with Crippen LogP contribution in [0.1, 0.15) is 10.4 Å². The van der Waals surface area contributed by atoms with Crippen LogP contribution in [0.5, 0.6) is 0 Å². The number of nitrogens with zero attached hydrogens (tertiary/aromatic N) is 1. The number of pyridine rings is 1. The van der Waals surface area contributed by atoms with E-state index in [1.165, 1.54) is 0 Å². The lowest BCUT2D eigenvalue weighted by molar-refractivity contribution is 0.102. The van der Waals surface area contributed by atoms with Gasteiger partial charge >= 0.3 is 0 Å². The molecule has 1 heterocycles. The summed E-state index contributed by atoms with van der Waals surface area (Å²) in [5, 5.41) is 4.26. The molecule has 0 unspecified atom stereocenters. The maximum atomic E-state index is 12.5. The number of amides is 1. The van der Waals surface area contributed by atoms with Crippen LogP contribution in [0, 0.1) is 0 Å². The van der Waals surface area contributed by atoms with Crippen molar-refractivity contribution in [3.8, 4) is 0 Å². The molecule has 1 amide bonds. The molecule has 0 saturated heterocycles. The second-order valence-electron chi connectivity index (χ2n) is 4.68. The van der Waals surface area contributed by atoms with E-state index in [2.05, 4.69) is 10.3 Å². The van der Waals surface area contributed by atoms with Crippen LogP contribution in [0.3, 0.4) is 0 Å². The fourth-order valence-electron chi connectivity index (χ4n) is 2.21. The minimum Gasteiger partial charge on any atom is -0.321 e. The number of carbonyl (C=O) groups excluding carboxylic acids is 1. The van der Waals surface area contributed by atoms with Crippen LogP contribution >= 0.6 is 23.4 Å². The van der Waals surface area contributed by atoms with Gasteiger partial charge in [0.1, 0.15) is 0 Å². The van der Waals surface area contributed by atoms with Crippen molar-refractivity contribution in [2.75, 3.05) is 11.6 Å². The molecule has 3 rings (SSSR count). The van der Waals surface area contributed by atoms with Crippen molar-refractivity contribution in [1.29, 1.82) is 0 Å². The molecule has 0 fully saturated rings. The Bertz CT molecular complexity index is 846. The molecule has 110 valence electrons. The van der Waals surface area contributed by atoms with E-state index in [0.717, 1.165) is 21.5 Å². The van der Waals surface area contributed by atoms with Gasteiger partial charge in [0.05, 0.1) is 21.8 Å². The summed E-state index contributed by atoms with van der Waals surface area (Å²) in [5.41, 5.74) is 2.03. The highest BCUT2D eigenvalue weighted by atomic mass is 35.5. The topological polar surface area (TPSA) is 42.0 Å². The highest BCUT2D eigenvalue weighted by Gasteiger charge is 2.13. The van der Waals surface area contributed by atoms with Crippen LogP contribution in [0.2, 0.25) is 5.02 Å². The first-order chi connectivity index (χ1) is 10.7. The Hall–Kier alpha value is -2.04. The molecule has 0 spiro atoms. The van der Waals surface area contributed by atoms with Gasteiger partial charge in [0, 0.05) is 16.5 Å². The van der Waals surface area contributed by atoms with E-state index in [4.69, 9.17) is 11.6 Å². The maximum absolute atomic E-state index is 12.5. The van der Waals surface area contributed by atoms with Gasteiger partial charge in [-0.2, -0.15) is 0 Å². The monoisotopic (exact) mass is 328 g/mol. The Kier molecular flexibility index (Phi) is 4.32. The summed E-state index contributed by atoms with van der Waals surface area (Å²) in [6.07, 6.45) is 3.69. The van der Waals surface area contributed by atoms with Crippen molar-refractivity contribution in [2.45, 2.75) is 4.90 Å². The molecule has 0 saturated carbocycles. The maximum Gasteiger partial charge on any atom is 0.257 e. The second-order valence-corrected chi connectivity index (χ2v) is 5.96.